The number of amides is 1. The Hall–Kier alpha value is -3.99. The number of piperazine rings is 1. The van der Waals surface area contributed by atoms with Crippen LogP contribution in [-0.4, -0.2) is 63.7 Å². The molecule has 1 aliphatic heterocycles. The third kappa shape index (κ3) is 4.86. The van der Waals surface area contributed by atoms with Gasteiger partial charge in [0.15, 0.2) is 4.96 Å². The van der Waals surface area contributed by atoms with Crippen LogP contribution in [0.5, 0.6) is 5.75 Å². The number of nitrogens with zero attached hydrogens (tertiary/aromatic N) is 4. The number of hydrogen-bond donors (Lipinski definition) is 3. The van der Waals surface area contributed by atoms with E-state index in [2.05, 4.69) is 41.7 Å². The predicted molar refractivity (Wildman–Crippen MR) is 145 cm³/mol. The lowest BCUT2D eigenvalue weighted by Gasteiger charge is -2.26. The molecule has 1 saturated heterocycles. The summed E-state index contributed by atoms with van der Waals surface area (Å²) >= 11 is 1.64. The minimum atomic E-state index is -0.264. The van der Waals surface area contributed by atoms with E-state index in [9.17, 15) is 4.79 Å². The van der Waals surface area contributed by atoms with Crippen molar-refractivity contribution in [2.75, 3.05) is 38.6 Å². The highest BCUT2D eigenvalue weighted by Crippen LogP contribution is 2.30. The molecule has 1 amide bonds. The van der Waals surface area contributed by atoms with Crippen LogP contribution in [0.15, 0.2) is 66.2 Å². The maximum Gasteiger partial charge on any atom is 0.273 e. The minimum Gasteiger partial charge on any atom is -0.497 e. The zero-order valence-electron chi connectivity index (χ0n) is 20.4. The molecule has 10 heteroatoms. The Morgan fingerprint density at radius 2 is 1.92 bits per heavy atom. The summed E-state index contributed by atoms with van der Waals surface area (Å²) in [6, 6.07) is 17.0. The van der Waals surface area contributed by atoms with E-state index in [-0.39, 0.29) is 5.91 Å². The number of H-pyrrole nitrogens is 1. The van der Waals surface area contributed by atoms with Crippen molar-refractivity contribution in [1.29, 1.82) is 0 Å². The maximum absolute atomic E-state index is 13.1. The largest absolute Gasteiger partial charge is 0.497 e. The highest BCUT2D eigenvalue weighted by Gasteiger charge is 2.18. The monoisotopic (exact) mass is 513 g/mol. The van der Waals surface area contributed by atoms with E-state index < -0.39 is 0 Å². The number of imidazole rings is 1. The van der Waals surface area contributed by atoms with Gasteiger partial charge >= 0.3 is 0 Å². The topological polar surface area (TPSA) is 99.6 Å². The van der Waals surface area contributed by atoms with Crippen LogP contribution in [-0.2, 0) is 6.54 Å². The summed E-state index contributed by atoms with van der Waals surface area (Å²) in [5.41, 5.74) is 5.58. The Morgan fingerprint density at radius 1 is 1.11 bits per heavy atom. The maximum atomic E-state index is 13.1. The second-order valence-corrected chi connectivity index (χ2v) is 9.76. The Kier molecular flexibility index (Phi) is 6.44. The predicted octanol–water partition coefficient (Wildman–Crippen LogP) is 4.12. The quantitative estimate of drug-likeness (QED) is 0.303. The van der Waals surface area contributed by atoms with Gasteiger partial charge in [0.2, 0.25) is 0 Å². The van der Waals surface area contributed by atoms with Crippen LogP contribution < -0.4 is 15.4 Å². The number of hydrogen-bond acceptors (Lipinski definition) is 7. The number of benzene rings is 2. The Bertz CT molecular complexity index is 1530. The highest BCUT2D eigenvalue weighted by molar-refractivity contribution is 7.15. The summed E-state index contributed by atoms with van der Waals surface area (Å²) in [4.78, 5) is 21.4. The molecule has 3 N–H and O–H groups in total. The van der Waals surface area contributed by atoms with Crippen LogP contribution in [0, 0.1) is 0 Å². The molecule has 1 aliphatic rings. The molecule has 9 nitrogen and oxygen atoms in total. The van der Waals surface area contributed by atoms with Gasteiger partial charge in [-0.15, -0.1) is 11.3 Å². The number of methoxy groups -OCH3 is 1. The molecule has 1 fully saturated rings. The molecule has 0 unspecified atom stereocenters. The van der Waals surface area contributed by atoms with Crippen molar-refractivity contribution in [3.05, 3.63) is 77.6 Å². The van der Waals surface area contributed by atoms with Crippen LogP contribution in [0.4, 0.5) is 5.69 Å². The minimum absolute atomic E-state index is 0.264. The lowest BCUT2D eigenvalue weighted by atomic mass is 10.1. The van der Waals surface area contributed by atoms with Gasteiger partial charge in [-0.25, -0.2) is 4.98 Å². The van der Waals surface area contributed by atoms with E-state index in [1.54, 1.807) is 24.5 Å². The molecule has 0 spiro atoms. The van der Waals surface area contributed by atoms with Gasteiger partial charge in [0.25, 0.3) is 5.91 Å². The summed E-state index contributed by atoms with van der Waals surface area (Å²) < 4.78 is 7.38. The van der Waals surface area contributed by atoms with Crippen molar-refractivity contribution in [2.24, 2.45) is 0 Å². The summed E-state index contributed by atoms with van der Waals surface area (Å²) in [5, 5.41) is 15.8. The molecule has 6 rings (SSSR count). The average Bonchev–Trinajstić information content (AvgIpc) is 3.67. The van der Waals surface area contributed by atoms with Crippen LogP contribution in [0.2, 0.25) is 0 Å². The molecule has 3 aromatic heterocycles. The van der Waals surface area contributed by atoms with Crippen molar-refractivity contribution in [2.45, 2.75) is 6.54 Å². The van der Waals surface area contributed by atoms with Crippen molar-refractivity contribution < 1.29 is 9.53 Å². The number of nitrogens with one attached hydrogen (secondary N) is 3. The summed E-state index contributed by atoms with van der Waals surface area (Å²) in [5.74, 6) is 0.504. The van der Waals surface area contributed by atoms with Crippen LogP contribution in [0.25, 0.3) is 27.5 Å². The molecular formula is C27H27N7O2S. The van der Waals surface area contributed by atoms with Crippen LogP contribution in [0.3, 0.4) is 0 Å². The van der Waals surface area contributed by atoms with E-state index in [0.717, 1.165) is 60.3 Å². The number of fused-ring (bicyclic) bond motifs is 1. The van der Waals surface area contributed by atoms with Crippen LogP contribution >= 0.6 is 11.3 Å². The lowest BCUT2D eigenvalue weighted by molar-refractivity contribution is 0.102. The Labute approximate surface area is 218 Å². The second-order valence-electron chi connectivity index (χ2n) is 8.93. The highest BCUT2D eigenvalue weighted by atomic mass is 32.1. The van der Waals surface area contributed by atoms with Crippen molar-refractivity contribution >= 4 is 27.9 Å². The number of para-hydroxylation sites is 1. The number of ether oxygens (including phenoxy) is 1. The molecule has 0 aliphatic carbocycles. The number of aromatic amines is 1. The number of thiazole rings is 1. The van der Waals surface area contributed by atoms with E-state index in [1.807, 2.05) is 48.5 Å². The first-order chi connectivity index (χ1) is 18.2. The molecule has 0 saturated carbocycles. The first-order valence-corrected chi connectivity index (χ1v) is 13.0. The lowest BCUT2D eigenvalue weighted by Crippen LogP contribution is -2.43. The summed E-state index contributed by atoms with van der Waals surface area (Å²) in [6.07, 6.45) is 2.06. The molecule has 2 aromatic carbocycles. The second kappa shape index (κ2) is 10.2. The molecule has 5 aromatic rings. The van der Waals surface area contributed by atoms with Crippen molar-refractivity contribution in [3.63, 3.8) is 0 Å². The fraction of sp³-hybridized carbons (Fsp3) is 0.222. The van der Waals surface area contributed by atoms with E-state index >= 15 is 0 Å². The van der Waals surface area contributed by atoms with Gasteiger partial charge in [-0.05, 0) is 36.4 Å². The van der Waals surface area contributed by atoms with Gasteiger partial charge in [0.05, 0.1) is 24.2 Å². The standard InChI is InChI=1S/C27H27N7O2S/c1-36-20-8-6-18(7-9-20)23-14-24(32-31-23)26(35)29-22-5-3-2-4-21(22)25-16-34-19(17-37-27(34)30-25)15-33-12-10-28-11-13-33/h2-9,14,16-17,28H,10-13,15H2,1H3,(H,29,35)(H,31,32). The van der Waals surface area contributed by atoms with Gasteiger partial charge < -0.3 is 15.4 Å². The average molecular weight is 514 g/mol. The Balaban J connectivity index is 1.22. The third-order valence-electron chi connectivity index (χ3n) is 6.54. The van der Waals surface area contributed by atoms with Gasteiger partial charge in [-0.3, -0.25) is 19.2 Å². The molecule has 37 heavy (non-hydrogen) atoms. The fourth-order valence-electron chi connectivity index (χ4n) is 4.52. The van der Waals surface area contributed by atoms with Crippen molar-refractivity contribution in [3.8, 4) is 28.3 Å². The van der Waals surface area contributed by atoms with Gasteiger partial charge in [0, 0.05) is 61.1 Å². The van der Waals surface area contributed by atoms with E-state index in [4.69, 9.17) is 9.72 Å². The number of anilines is 1. The molecule has 0 radical (unpaired) electrons. The van der Waals surface area contributed by atoms with Gasteiger partial charge in [-0.1, -0.05) is 18.2 Å². The third-order valence-corrected chi connectivity index (χ3v) is 7.43. The van der Waals surface area contributed by atoms with E-state index in [0.29, 0.717) is 17.1 Å². The SMILES string of the molecule is COc1ccc(-c2cc(C(=O)Nc3ccccc3-c3cn4c(CN5CCNCC5)csc4n3)[nH]n2)cc1. The van der Waals surface area contributed by atoms with Gasteiger partial charge in [-0.2, -0.15) is 5.10 Å². The number of aromatic nitrogens is 4. The molecule has 4 heterocycles. The number of carbonyl (C=O) groups is 1. The first-order valence-electron chi connectivity index (χ1n) is 12.2. The summed E-state index contributed by atoms with van der Waals surface area (Å²) in [7, 11) is 1.63. The van der Waals surface area contributed by atoms with Gasteiger partial charge in [0.1, 0.15) is 11.4 Å². The molecular weight excluding hydrogens is 486 g/mol. The molecule has 188 valence electrons. The Morgan fingerprint density at radius 3 is 2.73 bits per heavy atom. The zero-order chi connectivity index (χ0) is 25.2. The fourth-order valence-corrected chi connectivity index (χ4v) is 5.39. The number of carbonyl (C=O) groups excluding carboxylic acids is 1. The van der Waals surface area contributed by atoms with Crippen LogP contribution in [0.1, 0.15) is 16.2 Å². The van der Waals surface area contributed by atoms with Crippen molar-refractivity contribution in [1.82, 2.24) is 29.8 Å². The summed E-state index contributed by atoms with van der Waals surface area (Å²) in [6.45, 7) is 5.02. The van der Waals surface area contributed by atoms with E-state index in [1.165, 1.54) is 5.69 Å². The normalized spacial score (nSPS) is 14.2. The zero-order valence-corrected chi connectivity index (χ0v) is 21.2. The molecule has 0 atom stereocenters. The number of rotatable bonds is 7. The smallest absolute Gasteiger partial charge is 0.273 e. The molecule has 0 bridgehead atoms. The first kappa shape index (κ1) is 23.4.